The Hall–Kier alpha value is -2.75. The second kappa shape index (κ2) is 11.4. The van der Waals surface area contributed by atoms with E-state index in [0.29, 0.717) is 23.7 Å². The number of carbonyl (C=O) groups is 3. The fraction of sp³-hybridized carbons (Fsp3) is 0.381. The molecule has 0 bridgehead atoms. The van der Waals surface area contributed by atoms with E-state index < -0.39 is 11.9 Å². The van der Waals surface area contributed by atoms with E-state index in [1.54, 1.807) is 11.8 Å². The van der Waals surface area contributed by atoms with Gasteiger partial charge in [0, 0.05) is 24.1 Å². The lowest BCUT2D eigenvalue weighted by Gasteiger charge is -2.19. The average molecular weight is 434 g/mol. The number of amides is 2. The highest BCUT2D eigenvalue weighted by molar-refractivity contribution is 7.17. The third-order valence-electron chi connectivity index (χ3n) is 4.24. The van der Waals surface area contributed by atoms with Gasteiger partial charge in [0.2, 0.25) is 11.8 Å². The van der Waals surface area contributed by atoms with Crippen molar-refractivity contribution >= 4 is 34.1 Å². The molecule has 0 saturated carbocycles. The molecule has 0 fully saturated rings. The minimum absolute atomic E-state index is 0.0633. The van der Waals surface area contributed by atoms with Crippen LogP contribution in [-0.2, 0) is 19.1 Å². The molecule has 1 heterocycles. The van der Waals surface area contributed by atoms with Crippen LogP contribution in [0.4, 0.5) is 5.00 Å². The summed E-state index contributed by atoms with van der Waals surface area (Å²) in [5, 5.41) is 3.22. The number of benzene rings is 1. The number of ether oxygens (including phenoxy) is 2. The van der Waals surface area contributed by atoms with E-state index in [1.165, 1.54) is 18.4 Å². The molecule has 0 aliphatic rings. The number of nitrogens with zero attached hydrogens (tertiary/aromatic N) is 1. The lowest BCUT2D eigenvalue weighted by atomic mass is 10.0. The quantitative estimate of drug-likeness (QED) is 0.526. The Morgan fingerprint density at radius 1 is 1.17 bits per heavy atom. The van der Waals surface area contributed by atoms with Gasteiger partial charge >= 0.3 is 5.97 Å². The molecule has 0 aliphatic carbocycles. The molecule has 1 aromatic carbocycles. The maximum atomic E-state index is 12.7. The molecule has 2 amide bonds. The first-order valence-electron chi connectivity index (χ1n) is 9.52. The van der Waals surface area contributed by atoms with E-state index in [0.717, 1.165) is 16.0 Å². The number of methoxy groups -OCH3 is 1. The van der Waals surface area contributed by atoms with Crippen molar-refractivity contribution < 1.29 is 23.9 Å². The number of carbonyl (C=O) groups excluding carboxylic acids is 3. The number of nitrogens with two attached hydrogens (primary N) is 1. The Morgan fingerprint density at radius 3 is 2.47 bits per heavy atom. The van der Waals surface area contributed by atoms with Crippen molar-refractivity contribution in [3.8, 4) is 11.1 Å². The van der Waals surface area contributed by atoms with Crippen LogP contribution in [-0.4, -0.2) is 62.6 Å². The van der Waals surface area contributed by atoms with Crippen LogP contribution < -0.4 is 11.1 Å². The number of esters is 1. The van der Waals surface area contributed by atoms with Gasteiger partial charge in [-0.1, -0.05) is 30.3 Å². The topological polar surface area (TPSA) is 111 Å². The highest BCUT2D eigenvalue weighted by atomic mass is 32.1. The molecule has 30 heavy (non-hydrogen) atoms. The minimum atomic E-state index is -0.538. The van der Waals surface area contributed by atoms with Crippen LogP contribution in [0.15, 0.2) is 30.3 Å². The Morgan fingerprint density at radius 2 is 1.87 bits per heavy atom. The smallest absolute Gasteiger partial charge is 0.341 e. The fourth-order valence-corrected chi connectivity index (χ4v) is 4.09. The number of nitrogens with one attached hydrogen (secondary N) is 1. The number of aryl methyl sites for hydroxylation is 1. The Kier molecular flexibility index (Phi) is 8.97. The first-order valence-corrected chi connectivity index (χ1v) is 10.3. The molecule has 0 unspecified atom stereocenters. The summed E-state index contributed by atoms with van der Waals surface area (Å²) in [5.74, 6) is -1.40. The van der Waals surface area contributed by atoms with Gasteiger partial charge in [0.1, 0.15) is 10.6 Å². The maximum Gasteiger partial charge on any atom is 0.341 e. The van der Waals surface area contributed by atoms with Crippen LogP contribution in [0, 0.1) is 6.92 Å². The van der Waals surface area contributed by atoms with Gasteiger partial charge in [0.25, 0.3) is 0 Å². The fourth-order valence-electron chi connectivity index (χ4n) is 3.01. The molecular formula is C21H27N3O5S. The van der Waals surface area contributed by atoms with Gasteiger partial charge < -0.3 is 20.5 Å². The van der Waals surface area contributed by atoms with Crippen LogP contribution in [0.25, 0.3) is 11.1 Å². The third-order valence-corrected chi connectivity index (χ3v) is 5.26. The van der Waals surface area contributed by atoms with Crippen molar-refractivity contribution in [2.75, 3.05) is 45.3 Å². The first kappa shape index (κ1) is 23.5. The number of primary amides is 1. The standard InChI is InChI=1S/C21H27N3O5S/c1-4-29-21(27)19-18(15-8-6-5-7-9-15)14(2)30-20(19)23-17(26)13-24(10-11-28-3)12-16(22)25/h5-9H,4,10-13H2,1-3H3,(H2,22,25)(H,23,26). The summed E-state index contributed by atoms with van der Waals surface area (Å²) in [5.41, 5.74) is 7.20. The zero-order valence-electron chi connectivity index (χ0n) is 17.4. The molecule has 0 aliphatic heterocycles. The molecule has 0 radical (unpaired) electrons. The number of rotatable bonds is 11. The zero-order valence-corrected chi connectivity index (χ0v) is 18.2. The van der Waals surface area contributed by atoms with E-state index in [-0.39, 0.29) is 25.6 Å². The Bertz CT molecular complexity index is 882. The summed E-state index contributed by atoms with van der Waals surface area (Å²) in [6.45, 7) is 4.44. The SMILES string of the molecule is CCOC(=O)c1c(NC(=O)CN(CCOC)CC(N)=O)sc(C)c1-c1ccccc1. The maximum absolute atomic E-state index is 12.7. The summed E-state index contributed by atoms with van der Waals surface area (Å²) in [4.78, 5) is 39.1. The predicted octanol–water partition coefficient (Wildman–Crippen LogP) is 2.27. The molecule has 162 valence electrons. The van der Waals surface area contributed by atoms with E-state index in [4.69, 9.17) is 15.2 Å². The van der Waals surface area contributed by atoms with Crippen LogP contribution in [0.1, 0.15) is 22.2 Å². The molecule has 2 aromatic rings. The van der Waals surface area contributed by atoms with Crippen molar-refractivity contribution in [1.82, 2.24) is 4.90 Å². The number of thiophene rings is 1. The van der Waals surface area contributed by atoms with Gasteiger partial charge in [-0.15, -0.1) is 11.3 Å². The highest BCUT2D eigenvalue weighted by Gasteiger charge is 2.26. The van der Waals surface area contributed by atoms with Gasteiger partial charge in [0.05, 0.1) is 26.3 Å². The molecule has 0 spiro atoms. The summed E-state index contributed by atoms with van der Waals surface area (Å²) in [7, 11) is 1.54. The summed E-state index contributed by atoms with van der Waals surface area (Å²) in [6.07, 6.45) is 0. The minimum Gasteiger partial charge on any atom is -0.462 e. The van der Waals surface area contributed by atoms with Gasteiger partial charge in [-0.3, -0.25) is 14.5 Å². The summed E-state index contributed by atoms with van der Waals surface area (Å²) in [6, 6.07) is 9.48. The Labute approximate surface area is 180 Å². The third kappa shape index (κ3) is 6.38. The monoisotopic (exact) mass is 433 g/mol. The van der Waals surface area contributed by atoms with E-state index in [2.05, 4.69) is 5.32 Å². The van der Waals surface area contributed by atoms with Gasteiger partial charge in [0.15, 0.2) is 0 Å². The van der Waals surface area contributed by atoms with Gasteiger partial charge in [-0.05, 0) is 19.4 Å². The van der Waals surface area contributed by atoms with Gasteiger partial charge in [-0.25, -0.2) is 4.79 Å². The molecule has 1 aromatic heterocycles. The van der Waals surface area contributed by atoms with E-state index >= 15 is 0 Å². The zero-order chi connectivity index (χ0) is 22.1. The molecule has 3 N–H and O–H groups in total. The van der Waals surface area contributed by atoms with Crippen molar-refractivity contribution in [2.45, 2.75) is 13.8 Å². The summed E-state index contributed by atoms with van der Waals surface area (Å²) >= 11 is 1.31. The number of hydrogen-bond acceptors (Lipinski definition) is 7. The highest BCUT2D eigenvalue weighted by Crippen LogP contribution is 2.40. The second-order valence-electron chi connectivity index (χ2n) is 6.54. The van der Waals surface area contributed by atoms with Crippen molar-refractivity contribution in [2.24, 2.45) is 5.73 Å². The van der Waals surface area contributed by atoms with Crippen LogP contribution in [0.2, 0.25) is 0 Å². The normalized spacial score (nSPS) is 10.8. The molecular weight excluding hydrogens is 406 g/mol. The van der Waals surface area contributed by atoms with Crippen molar-refractivity contribution in [3.05, 3.63) is 40.8 Å². The van der Waals surface area contributed by atoms with Crippen molar-refractivity contribution in [1.29, 1.82) is 0 Å². The first-order chi connectivity index (χ1) is 14.4. The van der Waals surface area contributed by atoms with Crippen LogP contribution in [0.3, 0.4) is 0 Å². The second-order valence-corrected chi connectivity index (χ2v) is 7.77. The molecule has 0 atom stereocenters. The summed E-state index contributed by atoms with van der Waals surface area (Å²) < 4.78 is 10.3. The van der Waals surface area contributed by atoms with E-state index in [9.17, 15) is 14.4 Å². The number of anilines is 1. The van der Waals surface area contributed by atoms with E-state index in [1.807, 2.05) is 37.3 Å². The molecule has 8 nitrogen and oxygen atoms in total. The molecule has 0 saturated heterocycles. The van der Waals surface area contributed by atoms with Gasteiger partial charge in [-0.2, -0.15) is 0 Å². The predicted molar refractivity (Wildman–Crippen MR) is 117 cm³/mol. The lowest BCUT2D eigenvalue weighted by molar-refractivity contribution is -0.121. The van der Waals surface area contributed by atoms with Crippen molar-refractivity contribution in [3.63, 3.8) is 0 Å². The molecule has 2 rings (SSSR count). The number of hydrogen-bond donors (Lipinski definition) is 2. The largest absolute Gasteiger partial charge is 0.462 e. The lowest BCUT2D eigenvalue weighted by Crippen LogP contribution is -2.40. The Balaban J connectivity index is 2.30. The van der Waals surface area contributed by atoms with Crippen LogP contribution in [0.5, 0.6) is 0 Å². The molecule has 9 heteroatoms. The average Bonchev–Trinajstić information content (AvgIpc) is 3.02. The van der Waals surface area contributed by atoms with Crippen LogP contribution >= 0.6 is 11.3 Å².